The number of amides is 1. The van der Waals surface area contributed by atoms with Crippen LogP contribution in [0.25, 0.3) is 0 Å². The Hall–Kier alpha value is -3.30. The number of benzene rings is 2. The zero-order valence-electron chi connectivity index (χ0n) is 19.2. The Kier molecular flexibility index (Phi) is 7.87. The smallest absolute Gasteiger partial charge is 0.338 e. The maximum atomic E-state index is 12.9. The van der Waals surface area contributed by atoms with Crippen molar-refractivity contribution in [2.75, 3.05) is 52.5 Å². The first kappa shape index (κ1) is 23.8. The van der Waals surface area contributed by atoms with Crippen molar-refractivity contribution in [2.45, 2.75) is 19.1 Å². The molecule has 0 unspecified atom stereocenters. The first-order chi connectivity index (χ1) is 16.5. The van der Waals surface area contributed by atoms with E-state index in [-0.39, 0.29) is 19.1 Å². The van der Waals surface area contributed by atoms with Crippen LogP contribution < -0.4 is 14.2 Å². The van der Waals surface area contributed by atoms with Crippen molar-refractivity contribution in [2.24, 2.45) is 0 Å². The molecule has 34 heavy (non-hydrogen) atoms. The first-order valence-electron chi connectivity index (χ1n) is 11.5. The average molecular weight is 471 g/mol. The van der Waals surface area contributed by atoms with Gasteiger partial charge in [-0.3, -0.25) is 9.69 Å². The Morgan fingerprint density at radius 3 is 2.62 bits per heavy atom. The van der Waals surface area contributed by atoms with Gasteiger partial charge in [0.2, 0.25) is 6.10 Å². The second-order valence-corrected chi connectivity index (χ2v) is 8.20. The van der Waals surface area contributed by atoms with Crippen molar-refractivity contribution in [1.29, 1.82) is 0 Å². The molecule has 2 aliphatic rings. The highest BCUT2D eigenvalue weighted by Crippen LogP contribution is 2.31. The number of carbonyl (C=O) groups excluding carboxylic acids is 2. The normalized spacial score (nSPS) is 18.8. The van der Waals surface area contributed by atoms with Gasteiger partial charge in [-0.1, -0.05) is 18.2 Å². The highest BCUT2D eigenvalue weighted by Gasteiger charge is 2.32. The fourth-order valence-electron chi connectivity index (χ4n) is 3.97. The highest BCUT2D eigenvalue weighted by molar-refractivity contribution is 5.89. The molecule has 0 spiro atoms. The van der Waals surface area contributed by atoms with Gasteiger partial charge in [0.05, 0.1) is 12.2 Å². The van der Waals surface area contributed by atoms with E-state index in [1.54, 1.807) is 42.2 Å². The second-order valence-electron chi connectivity index (χ2n) is 8.20. The van der Waals surface area contributed by atoms with E-state index >= 15 is 0 Å². The van der Waals surface area contributed by atoms with Gasteiger partial charge in [-0.25, -0.2) is 4.79 Å². The van der Waals surface area contributed by atoms with Gasteiger partial charge in [-0.05, 0) is 37.3 Å². The van der Waals surface area contributed by atoms with Crippen LogP contribution in [0.3, 0.4) is 0 Å². The number of β-amino-alcohol motifs (C(OH)–C–C–N with tert-alkyl or cyclic N) is 1. The zero-order valence-corrected chi connectivity index (χ0v) is 19.2. The molecular weight excluding hydrogens is 440 g/mol. The van der Waals surface area contributed by atoms with Crippen molar-refractivity contribution in [3.05, 3.63) is 54.1 Å². The predicted molar refractivity (Wildman–Crippen MR) is 123 cm³/mol. The molecule has 2 aromatic carbocycles. The lowest BCUT2D eigenvalue weighted by Gasteiger charge is -2.37. The van der Waals surface area contributed by atoms with Crippen LogP contribution in [-0.4, -0.2) is 91.5 Å². The summed E-state index contributed by atoms with van der Waals surface area (Å²) in [6.07, 6.45) is -1.36. The Morgan fingerprint density at radius 1 is 1.09 bits per heavy atom. The monoisotopic (exact) mass is 470 g/mol. The second kappa shape index (κ2) is 11.2. The molecule has 9 nitrogen and oxygen atoms in total. The molecule has 1 N–H and O–H groups in total. The summed E-state index contributed by atoms with van der Waals surface area (Å²) in [5.41, 5.74) is 0.408. The van der Waals surface area contributed by atoms with E-state index in [0.717, 1.165) is 0 Å². The molecule has 1 amide bonds. The average Bonchev–Trinajstić information content (AvgIpc) is 2.87. The number of hydrogen-bond donors (Lipinski definition) is 1. The van der Waals surface area contributed by atoms with E-state index in [1.165, 1.54) is 0 Å². The topological polar surface area (TPSA) is 97.8 Å². The third-order valence-electron chi connectivity index (χ3n) is 5.72. The molecule has 2 aliphatic heterocycles. The van der Waals surface area contributed by atoms with Gasteiger partial charge >= 0.3 is 5.97 Å². The minimum atomic E-state index is -0.708. The quantitative estimate of drug-likeness (QED) is 0.581. The van der Waals surface area contributed by atoms with Crippen molar-refractivity contribution in [3.63, 3.8) is 0 Å². The molecule has 0 aromatic heterocycles. The molecule has 9 heteroatoms. The summed E-state index contributed by atoms with van der Waals surface area (Å²) in [7, 11) is 0. The van der Waals surface area contributed by atoms with Crippen LogP contribution in [-0.2, 0) is 9.53 Å². The molecule has 2 aromatic rings. The number of nitrogens with zero attached hydrogens (tertiary/aromatic N) is 2. The van der Waals surface area contributed by atoms with Gasteiger partial charge in [-0.15, -0.1) is 0 Å². The van der Waals surface area contributed by atoms with Crippen LogP contribution in [0.5, 0.6) is 17.2 Å². The third kappa shape index (κ3) is 5.98. The molecule has 182 valence electrons. The first-order valence-corrected chi connectivity index (χ1v) is 11.5. The third-order valence-corrected chi connectivity index (χ3v) is 5.72. The maximum Gasteiger partial charge on any atom is 0.338 e. The van der Waals surface area contributed by atoms with Crippen LogP contribution in [0.2, 0.25) is 0 Å². The zero-order chi connectivity index (χ0) is 23.9. The molecule has 1 fully saturated rings. The molecule has 2 heterocycles. The molecule has 0 radical (unpaired) electrons. The SMILES string of the molecule is CCOC(=O)c1cccc(OC[C@H](O)CN2CCN(C(=O)[C@@H]3COc4ccccc4O3)CC2)c1. The highest BCUT2D eigenvalue weighted by atomic mass is 16.6. The van der Waals surface area contributed by atoms with Crippen molar-refractivity contribution < 1.29 is 33.6 Å². The molecule has 0 aliphatic carbocycles. The van der Waals surface area contributed by atoms with Crippen LogP contribution in [0, 0.1) is 0 Å². The van der Waals surface area contributed by atoms with E-state index in [1.807, 2.05) is 18.2 Å². The minimum Gasteiger partial charge on any atom is -0.491 e. The lowest BCUT2D eigenvalue weighted by atomic mass is 10.2. The summed E-state index contributed by atoms with van der Waals surface area (Å²) in [6, 6.07) is 14.0. The Bertz CT molecular complexity index is 991. The fraction of sp³-hybridized carbons (Fsp3) is 0.440. The van der Waals surface area contributed by atoms with Gasteiger partial charge in [-0.2, -0.15) is 0 Å². The van der Waals surface area contributed by atoms with E-state index in [2.05, 4.69) is 4.90 Å². The van der Waals surface area contributed by atoms with Gasteiger partial charge in [0.15, 0.2) is 11.5 Å². The Balaban J connectivity index is 1.20. The summed E-state index contributed by atoms with van der Waals surface area (Å²) in [4.78, 5) is 28.6. The lowest BCUT2D eigenvalue weighted by molar-refractivity contribution is -0.143. The Labute approximate surface area is 198 Å². The number of carbonyl (C=O) groups is 2. The lowest BCUT2D eigenvalue weighted by Crippen LogP contribution is -2.55. The van der Waals surface area contributed by atoms with Crippen molar-refractivity contribution in [3.8, 4) is 17.2 Å². The molecule has 0 saturated carbocycles. The number of esters is 1. The standard InChI is InChI=1S/C25H30N2O7/c1-2-31-25(30)18-6-5-7-20(14-18)32-16-19(28)15-26-10-12-27(13-11-26)24(29)23-17-33-21-8-3-4-9-22(21)34-23/h3-9,14,19,23,28H,2,10-13,15-17H2,1H3/t19-,23+/m1/s1. The van der Waals surface area contributed by atoms with E-state index in [9.17, 15) is 14.7 Å². The molecule has 4 rings (SSSR count). The fourth-order valence-corrected chi connectivity index (χ4v) is 3.97. The van der Waals surface area contributed by atoms with Gasteiger partial charge in [0, 0.05) is 32.7 Å². The number of ether oxygens (including phenoxy) is 4. The van der Waals surface area contributed by atoms with E-state index < -0.39 is 18.2 Å². The number of fused-ring (bicyclic) bond motifs is 1. The van der Waals surface area contributed by atoms with E-state index in [4.69, 9.17) is 18.9 Å². The number of piperazine rings is 1. The number of rotatable bonds is 8. The van der Waals surface area contributed by atoms with E-state index in [0.29, 0.717) is 62.1 Å². The van der Waals surface area contributed by atoms with Gasteiger partial charge in [0.1, 0.15) is 25.1 Å². The minimum absolute atomic E-state index is 0.0838. The van der Waals surface area contributed by atoms with Crippen molar-refractivity contribution in [1.82, 2.24) is 9.80 Å². The number of aliphatic hydroxyl groups excluding tert-OH is 1. The summed E-state index contributed by atoms with van der Waals surface area (Å²) in [5.74, 6) is 1.24. The van der Waals surface area contributed by atoms with Crippen LogP contribution in [0.15, 0.2) is 48.5 Å². The summed E-state index contributed by atoms with van der Waals surface area (Å²) < 4.78 is 22.2. The van der Waals surface area contributed by atoms with Gasteiger partial charge in [0.25, 0.3) is 5.91 Å². The Morgan fingerprint density at radius 2 is 1.85 bits per heavy atom. The maximum absolute atomic E-state index is 12.9. The van der Waals surface area contributed by atoms with Crippen LogP contribution in [0.4, 0.5) is 0 Å². The number of hydrogen-bond acceptors (Lipinski definition) is 8. The molecule has 0 bridgehead atoms. The number of aliphatic hydroxyl groups is 1. The number of para-hydroxylation sites is 2. The van der Waals surface area contributed by atoms with Crippen LogP contribution in [0.1, 0.15) is 17.3 Å². The largest absolute Gasteiger partial charge is 0.491 e. The summed E-state index contributed by atoms with van der Waals surface area (Å²) in [5, 5.41) is 10.4. The van der Waals surface area contributed by atoms with Crippen LogP contribution >= 0.6 is 0 Å². The van der Waals surface area contributed by atoms with Gasteiger partial charge < -0.3 is 29.0 Å². The molecule has 1 saturated heterocycles. The predicted octanol–water partition coefficient (Wildman–Crippen LogP) is 1.59. The summed E-state index contributed by atoms with van der Waals surface area (Å²) in [6.45, 7) is 5.16. The molecular formula is C25H30N2O7. The summed E-state index contributed by atoms with van der Waals surface area (Å²) >= 11 is 0. The van der Waals surface area contributed by atoms with Crippen molar-refractivity contribution >= 4 is 11.9 Å². The molecule has 2 atom stereocenters.